The van der Waals surface area contributed by atoms with Crippen molar-refractivity contribution in [3.8, 4) is 0 Å². The molecule has 148 valence electrons. The second-order valence-electron chi connectivity index (χ2n) is 6.83. The van der Waals surface area contributed by atoms with E-state index in [1.54, 1.807) is 7.05 Å². The molecule has 0 spiro atoms. The highest BCUT2D eigenvalue weighted by atomic mass is 32.2. The van der Waals surface area contributed by atoms with Crippen LogP contribution in [-0.4, -0.2) is 54.5 Å². The maximum absolute atomic E-state index is 11.8. The minimum Gasteiger partial charge on any atom is -0.356 e. The molecule has 0 unspecified atom stereocenters. The number of hydrazine groups is 1. The van der Waals surface area contributed by atoms with Crippen LogP contribution in [0.5, 0.6) is 0 Å². The van der Waals surface area contributed by atoms with Crippen molar-refractivity contribution in [1.29, 1.82) is 0 Å². The first-order valence-corrected chi connectivity index (χ1v) is 10.6. The first kappa shape index (κ1) is 20.8. The maximum atomic E-state index is 11.8. The molecule has 2 aliphatic heterocycles. The molecule has 0 saturated carbocycles. The molecule has 0 aromatic carbocycles. The number of hydrogen-bond acceptors (Lipinski definition) is 5. The molecule has 2 heterocycles. The van der Waals surface area contributed by atoms with E-state index >= 15 is 0 Å². The highest BCUT2D eigenvalue weighted by Gasteiger charge is 2.42. The number of carbonyl (C=O) groups excluding carboxylic acids is 3. The summed E-state index contributed by atoms with van der Waals surface area (Å²) >= 11 is 1.91. The monoisotopic (exact) mass is 385 g/mol. The Balaban J connectivity index is 1.42. The molecule has 0 aromatic rings. The van der Waals surface area contributed by atoms with Gasteiger partial charge in [-0.05, 0) is 25.7 Å². The van der Waals surface area contributed by atoms with Gasteiger partial charge in [-0.1, -0.05) is 12.8 Å². The normalized spacial score (nSPS) is 23.9. The van der Waals surface area contributed by atoms with E-state index in [4.69, 9.17) is 0 Å². The summed E-state index contributed by atoms with van der Waals surface area (Å²) in [4.78, 5) is 34.4. The van der Waals surface area contributed by atoms with Crippen LogP contribution in [0.4, 0.5) is 4.79 Å². The second kappa shape index (κ2) is 11.3. The van der Waals surface area contributed by atoms with Crippen LogP contribution in [0.25, 0.3) is 0 Å². The van der Waals surface area contributed by atoms with Crippen molar-refractivity contribution in [2.24, 2.45) is 0 Å². The minimum atomic E-state index is -0.0488. The van der Waals surface area contributed by atoms with Gasteiger partial charge in [-0.3, -0.25) is 15.0 Å². The Morgan fingerprint density at radius 1 is 1.08 bits per heavy atom. The van der Waals surface area contributed by atoms with Gasteiger partial charge >= 0.3 is 6.03 Å². The second-order valence-corrected chi connectivity index (χ2v) is 8.10. The Bertz CT molecular complexity index is 491. The number of fused-ring (bicyclic) bond motifs is 1. The first-order valence-electron chi connectivity index (χ1n) is 9.51. The lowest BCUT2D eigenvalue weighted by Crippen LogP contribution is -2.36. The van der Waals surface area contributed by atoms with E-state index in [2.05, 4.69) is 26.8 Å². The fourth-order valence-corrected chi connectivity index (χ4v) is 4.92. The van der Waals surface area contributed by atoms with Crippen molar-refractivity contribution in [2.75, 3.05) is 19.3 Å². The molecule has 26 heavy (non-hydrogen) atoms. The third-order valence-electron chi connectivity index (χ3n) is 4.75. The standard InChI is InChI=1S/C17H31N5O3S/c1-18-22-15(24)9-3-2-6-10-19-14(23)8-5-4-7-13-16-12(11-26-13)20-17(25)21-16/h12-13,16,18H,2-11H2,1H3,(H,19,23)(H,22,24)(H2,20,21,25)/t12-,13+,16-/m1/s1. The van der Waals surface area contributed by atoms with Gasteiger partial charge in [0.2, 0.25) is 11.8 Å². The van der Waals surface area contributed by atoms with Crippen LogP contribution in [0.3, 0.4) is 0 Å². The zero-order valence-corrected chi connectivity index (χ0v) is 16.3. The highest BCUT2D eigenvalue weighted by Crippen LogP contribution is 2.33. The fraction of sp³-hybridized carbons (Fsp3) is 0.824. The first-order chi connectivity index (χ1) is 12.6. The van der Waals surface area contributed by atoms with Crippen molar-refractivity contribution in [3.05, 3.63) is 0 Å². The number of urea groups is 1. The number of carbonyl (C=O) groups is 3. The molecule has 2 saturated heterocycles. The predicted molar refractivity (Wildman–Crippen MR) is 103 cm³/mol. The molecule has 0 aliphatic carbocycles. The molecule has 0 aromatic heterocycles. The van der Waals surface area contributed by atoms with E-state index in [9.17, 15) is 14.4 Å². The van der Waals surface area contributed by atoms with E-state index in [0.29, 0.717) is 24.6 Å². The Kier molecular flexibility index (Phi) is 9.04. The minimum absolute atomic E-state index is 0.00349. The third kappa shape index (κ3) is 7.03. The van der Waals surface area contributed by atoms with Crippen molar-refractivity contribution in [1.82, 2.24) is 26.8 Å². The quantitative estimate of drug-likeness (QED) is 0.192. The lowest BCUT2D eigenvalue weighted by Gasteiger charge is -2.16. The lowest BCUT2D eigenvalue weighted by molar-refractivity contribution is -0.122. The van der Waals surface area contributed by atoms with Gasteiger partial charge in [-0.15, -0.1) is 0 Å². The Labute approximate surface area is 159 Å². The van der Waals surface area contributed by atoms with Crippen LogP contribution in [0.15, 0.2) is 0 Å². The number of hydrogen-bond donors (Lipinski definition) is 5. The van der Waals surface area contributed by atoms with Crippen molar-refractivity contribution < 1.29 is 14.4 Å². The summed E-state index contributed by atoms with van der Waals surface area (Å²) in [7, 11) is 1.67. The molecule has 8 nitrogen and oxygen atoms in total. The fourth-order valence-electron chi connectivity index (χ4n) is 3.38. The SMILES string of the molecule is CNNC(=O)CCCCCNC(=O)CCCC[C@@H]1SC[C@H]2NC(=O)N[C@@H]12. The zero-order chi connectivity index (χ0) is 18.8. The largest absolute Gasteiger partial charge is 0.356 e. The topological polar surface area (TPSA) is 111 Å². The van der Waals surface area contributed by atoms with E-state index < -0.39 is 0 Å². The maximum Gasteiger partial charge on any atom is 0.315 e. The van der Waals surface area contributed by atoms with Crippen LogP contribution in [-0.2, 0) is 9.59 Å². The summed E-state index contributed by atoms with van der Waals surface area (Å²) in [5, 5.41) is 9.34. The molecule has 4 amide bonds. The molecule has 5 N–H and O–H groups in total. The molecular formula is C17H31N5O3S. The molecule has 9 heteroatoms. The van der Waals surface area contributed by atoms with Gasteiger partial charge in [0.1, 0.15) is 0 Å². The van der Waals surface area contributed by atoms with Gasteiger partial charge in [0, 0.05) is 37.4 Å². The Morgan fingerprint density at radius 3 is 2.65 bits per heavy atom. The molecule has 3 atom stereocenters. The molecule has 0 bridgehead atoms. The average Bonchev–Trinajstić information content (AvgIpc) is 3.14. The number of amides is 4. The third-order valence-corrected chi connectivity index (χ3v) is 6.26. The molecule has 0 radical (unpaired) electrons. The van der Waals surface area contributed by atoms with E-state index in [1.165, 1.54) is 0 Å². The number of unbranched alkanes of at least 4 members (excludes halogenated alkanes) is 3. The van der Waals surface area contributed by atoms with Gasteiger partial charge < -0.3 is 16.0 Å². The molecule has 2 fully saturated rings. The van der Waals surface area contributed by atoms with Crippen LogP contribution >= 0.6 is 11.8 Å². The summed E-state index contributed by atoms with van der Waals surface area (Å²) in [5.74, 6) is 1.08. The summed E-state index contributed by atoms with van der Waals surface area (Å²) < 4.78 is 0. The summed E-state index contributed by atoms with van der Waals surface area (Å²) in [6.07, 6.45) is 6.64. The van der Waals surface area contributed by atoms with Crippen molar-refractivity contribution >= 4 is 29.6 Å². The van der Waals surface area contributed by atoms with E-state index in [0.717, 1.165) is 44.3 Å². The summed E-state index contributed by atoms with van der Waals surface area (Å²) in [5.41, 5.74) is 5.14. The van der Waals surface area contributed by atoms with E-state index in [1.807, 2.05) is 11.8 Å². The van der Waals surface area contributed by atoms with Crippen LogP contribution < -0.4 is 26.8 Å². The smallest absolute Gasteiger partial charge is 0.315 e. The van der Waals surface area contributed by atoms with Crippen molar-refractivity contribution in [2.45, 2.75) is 68.7 Å². The van der Waals surface area contributed by atoms with Crippen LogP contribution in [0.2, 0.25) is 0 Å². The van der Waals surface area contributed by atoms with Crippen LogP contribution in [0, 0.1) is 0 Å². The summed E-state index contributed by atoms with van der Waals surface area (Å²) in [6, 6.07) is 0.467. The average molecular weight is 386 g/mol. The Hall–Kier alpha value is -1.48. The van der Waals surface area contributed by atoms with E-state index in [-0.39, 0.29) is 29.9 Å². The number of rotatable bonds is 12. The predicted octanol–water partition coefficient (Wildman–Crippen LogP) is 0.639. The Morgan fingerprint density at radius 2 is 1.85 bits per heavy atom. The number of nitrogens with one attached hydrogen (secondary N) is 5. The van der Waals surface area contributed by atoms with Gasteiger partial charge in [0.15, 0.2) is 0 Å². The van der Waals surface area contributed by atoms with Gasteiger partial charge in [-0.2, -0.15) is 11.8 Å². The molecule has 2 rings (SSSR count). The molecular weight excluding hydrogens is 354 g/mol. The van der Waals surface area contributed by atoms with Crippen LogP contribution in [0.1, 0.15) is 51.4 Å². The lowest BCUT2D eigenvalue weighted by atomic mass is 10.0. The summed E-state index contributed by atoms with van der Waals surface area (Å²) in [6.45, 7) is 0.673. The molecule has 2 aliphatic rings. The van der Waals surface area contributed by atoms with Gasteiger partial charge in [0.05, 0.1) is 12.1 Å². The highest BCUT2D eigenvalue weighted by molar-refractivity contribution is 8.00. The zero-order valence-electron chi connectivity index (χ0n) is 15.4. The van der Waals surface area contributed by atoms with Crippen molar-refractivity contribution in [3.63, 3.8) is 0 Å². The van der Waals surface area contributed by atoms with Gasteiger partial charge in [0.25, 0.3) is 0 Å². The number of thioether (sulfide) groups is 1. The van der Waals surface area contributed by atoms with Gasteiger partial charge in [-0.25, -0.2) is 10.2 Å².